The Hall–Kier alpha value is -4.65. The van der Waals surface area contributed by atoms with Gasteiger partial charge in [-0.15, -0.1) is 0 Å². The van der Waals surface area contributed by atoms with Gasteiger partial charge in [-0.05, 0) is 78.5 Å². The first-order valence-corrected chi connectivity index (χ1v) is 14.1. The fourth-order valence-corrected chi connectivity index (χ4v) is 5.63. The first-order valence-electron chi connectivity index (χ1n) is 13.4. The molecule has 1 heterocycles. The Bertz CT molecular complexity index is 1770. The zero-order valence-corrected chi connectivity index (χ0v) is 23.8. The third kappa shape index (κ3) is 5.34. The molecule has 0 saturated heterocycles. The van der Waals surface area contributed by atoms with Crippen LogP contribution in [0.1, 0.15) is 37.5 Å². The van der Waals surface area contributed by atoms with Crippen LogP contribution in [0.25, 0.3) is 10.8 Å². The Morgan fingerprint density at radius 1 is 0.738 bits per heavy atom. The third-order valence-electron chi connectivity index (χ3n) is 7.15. The highest BCUT2D eigenvalue weighted by Crippen LogP contribution is 2.31. The molecule has 0 fully saturated rings. The van der Waals surface area contributed by atoms with Crippen molar-refractivity contribution in [1.82, 2.24) is 4.90 Å². The number of nitrogens with zero attached hydrogens (tertiary/aromatic N) is 2. The molecule has 8 heteroatoms. The molecular formula is C34H24Cl2N2O4. The average molecular weight is 595 g/mol. The summed E-state index contributed by atoms with van der Waals surface area (Å²) in [4.78, 5) is 43.3. The van der Waals surface area contributed by atoms with Crippen molar-refractivity contribution in [3.8, 4) is 11.5 Å². The summed E-state index contributed by atoms with van der Waals surface area (Å²) >= 11 is 12.5. The maximum Gasteiger partial charge on any atom is 0.261 e. The number of halogens is 2. The van der Waals surface area contributed by atoms with Gasteiger partial charge in [-0.3, -0.25) is 19.3 Å². The molecule has 6 rings (SSSR count). The second kappa shape index (κ2) is 11.7. The molecule has 5 aromatic carbocycles. The van der Waals surface area contributed by atoms with Crippen LogP contribution in [0, 0.1) is 0 Å². The highest BCUT2D eigenvalue weighted by atomic mass is 35.5. The minimum Gasteiger partial charge on any atom is -0.457 e. The van der Waals surface area contributed by atoms with Gasteiger partial charge in [0.1, 0.15) is 11.5 Å². The van der Waals surface area contributed by atoms with Crippen LogP contribution in [0.3, 0.4) is 0 Å². The van der Waals surface area contributed by atoms with Gasteiger partial charge in [0.25, 0.3) is 17.7 Å². The summed E-state index contributed by atoms with van der Waals surface area (Å²) in [5, 5.41) is 2.18. The highest BCUT2D eigenvalue weighted by Gasteiger charge is 2.32. The lowest BCUT2D eigenvalue weighted by Crippen LogP contribution is -2.42. The smallest absolute Gasteiger partial charge is 0.261 e. The molecule has 0 unspecified atom stereocenters. The largest absolute Gasteiger partial charge is 0.457 e. The van der Waals surface area contributed by atoms with Gasteiger partial charge >= 0.3 is 0 Å². The molecule has 1 aliphatic heterocycles. The number of hydrogen-bond donors (Lipinski definition) is 0. The van der Waals surface area contributed by atoms with E-state index < -0.39 is 0 Å². The van der Waals surface area contributed by atoms with Crippen molar-refractivity contribution >= 4 is 57.4 Å². The lowest BCUT2D eigenvalue weighted by Gasteiger charge is -2.29. The Balaban J connectivity index is 1.24. The Labute approximate surface area is 252 Å². The second-order valence-electron chi connectivity index (χ2n) is 9.81. The first kappa shape index (κ1) is 27.5. The van der Waals surface area contributed by atoms with E-state index in [1.807, 2.05) is 54.6 Å². The average Bonchev–Trinajstić information content (AvgIpc) is 3.00. The molecule has 0 aliphatic carbocycles. The summed E-state index contributed by atoms with van der Waals surface area (Å²) in [7, 11) is 0. The Kier molecular flexibility index (Phi) is 7.66. The Morgan fingerprint density at radius 2 is 1.38 bits per heavy atom. The van der Waals surface area contributed by atoms with Gasteiger partial charge in [0.2, 0.25) is 0 Å². The Morgan fingerprint density at radius 3 is 2.02 bits per heavy atom. The zero-order valence-electron chi connectivity index (χ0n) is 22.3. The van der Waals surface area contributed by atoms with E-state index in [0.717, 1.165) is 5.39 Å². The molecule has 1 aliphatic rings. The fraction of sp³-hybridized carbons (Fsp3) is 0.0882. The minimum absolute atomic E-state index is 0.135. The molecule has 208 valence electrons. The molecule has 6 nitrogen and oxygen atoms in total. The van der Waals surface area contributed by atoms with Crippen LogP contribution in [0.4, 0.5) is 5.69 Å². The maximum absolute atomic E-state index is 13.8. The van der Waals surface area contributed by atoms with E-state index in [2.05, 4.69) is 0 Å². The van der Waals surface area contributed by atoms with E-state index in [1.165, 1.54) is 11.0 Å². The quantitative estimate of drug-likeness (QED) is 0.169. The molecule has 42 heavy (non-hydrogen) atoms. The molecule has 0 bridgehead atoms. The number of carbonyl (C=O) groups excluding carboxylic acids is 3. The van der Waals surface area contributed by atoms with E-state index in [0.29, 0.717) is 45.1 Å². The lowest BCUT2D eigenvalue weighted by atomic mass is 9.94. The number of amides is 3. The molecule has 0 atom stereocenters. The van der Waals surface area contributed by atoms with Gasteiger partial charge in [0.15, 0.2) is 0 Å². The van der Waals surface area contributed by atoms with Crippen LogP contribution in [-0.2, 0) is 0 Å². The van der Waals surface area contributed by atoms with Gasteiger partial charge < -0.3 is 9.64 Å². The van der Waals surface area contributed by atoms with Crippen molar-refractivity contribution in [1.29, 1.82) is 0 Å². The van der Waals surface area contributed by atoms with Crippen LogP contribution in [0.15, 0.2) is 109 Å². The number of anilines is 1. The fourth-order valence-electron chi connectivity index (χ4n) is 5.15. The van der Waals surface area contributed by atoms with Crippen LogP contribution >= 0.6 is 23.2 Å². The van der Waals surface area contributed by atoms with Crippen LogP contribution in [0.5, 0.6) is 11.5 Å². The third-order valence-corrected chi connectivity index (χ3v) is 7.70. The van der Waals surface area contributed by atoms with Crippen molar-refractivity contribution in [2.45, 2.75) is 6.42 Å². The number of benzene rings is 5. The second-order valence-corrected chi connectivity index (χ2v) is 10.7. The molecule has 0 aromatic heterocycles. The van der Waals surface area contributed by atoms with E-state index in [9.17, 15) is 14.4 Å². The summed E-state index contributed by atoms with van der Waals surface area (Å²) in [6.07, 6.45) is 0.342. The van der Waals surface area contributed by atoms with E-state index in [-0.39, 0.29) is 41.4 Å². The molecular weight excluding hydrogens is 571 g/mol. The van der Waals surface area contributed by atoms with Gasteiger partial charge in [-0.25, -0.2) is 0 Å². The van der Waals surface area contributed by atoms with Crippen LogP contribution in [0.2, 0.25) is 10.0 Å². The standard InChI is InChI=1S/C34H24Cl2N2O4/c35-23-13-18-27(30(36)21-23)32(39)37(24-14-16-26(17-15-24)42-25-9-2-1-3-10-25)19-6-20-38-33(40)28-11-4-7-22-8-5-12-29(31(22)28)34(38)41/h1-5,7-18,21H,6,19-20H2. The number of imide groups is 1. The SMILES string of the molecule is O=C1c2cccc3cccc(c23)C(=O)N1CCCN(C(=O)c1ccc(Cl)cc1Cl)c1ccc(Oc2ccccc2)cc1. The molecule has 0 spiro atoms. The number of rotatable bonds is 8. The van der Waals surface area contributed by atoms with E-state index in [1.54, 1.807) is 53.4 Å². The summed E-state index contributed by atoms with van der Waals surface area (Å²) in [5.74, 6) is 0.286. The van der Waals surface area contributed by atoms with Gasteiger partial charge in [0, 0.05) is 40.3 Å². The molecule has 0 saturated carbocycles. The predicted octanol–water partition coefficient (Wildman–Crippen LogP) is 8.27. The van der Waals surface area contributed by atoms with Gasteiger partial charge in [-0.1, -0.05) is 65.7 Å². The summed E-state index contributed by atoms with van der Waals surface area (Å²) in [5.41, 5.74) is 1.89. The first-order chi connectivity index (χ1) is 20.4. The van der Waals surface area contributed by atoms with Crippen molar-refractivity contribution in [2.24, 2.45) is 0 Å². The number of hydrogen-bond acceptors (Lipinski definition) is 4. The highest BCUT2D eigenvalue weighted by molar-refractivity contribution is 6.37. The van der Waals surface area contributed by atoms with Crippen molar-refractivity contribution in [3.05, 3.63) is 136 Å². The summed E-state index contributed by atoms with van der Waals surface area (Å²) in [6, 6.07) is 32.1. The minimum atomic E-state index is -0.342. The maximum atomic E-state index is 13.8. The number of ether oxygens (including phenoxy) is 1. The van der Waals surface area contributed by atoms with E-state index >= 15 is 0 Å². The van der Waals surface area contributed by atoms with Crippen molar-refractivity contribution in [3.63, 3.8) is 0 Å². The van der Waals surface area contributed by atoms with Crippen LogP contribution < -0.4 is 9.64 Å². The monoisotopic (exact) mass is 594 g/mol. The number of para-hydroxylation sites is 1. The zero-order chi connectivity index (χ0) is 29.2. The molecule has 0 N–H and O–H groups in total. The van der Waals surface area contributed by atoms with Crippen LogP contribution in [-0.4, -0.2) is 35.7 Å². The number of carbonyl (C=O) groups is 3. The summed E-state index contributed by atoms with van der Waals surface area (Å²) in [6.45, 7) is 0.356. The molecule has 3 amide bonds. The lowest BCUT2D eigenvalue weighted by molar-refractivity contribution is 0.0610. The van der Waals surface area contributed by atoms with E-state index in [4.69, 9.17) is 27.9 Å². The predicted molar refractivity (Wildman–Crippen MR) is 165 cm³/mol. The van der Waals surface area contributed by atoms with Crippen molar-refractivity contribution in [2.75, 3.05) is 18.0 Å². The van der Waals surface area contributed by atoms with Gasteiger partial charge in [0.05, 0.1) is 10.6 Å². The topological polar surface area (TPSA) is 66.9 Å². The molecule has 5 aromatic rings. The normalized spacial score (nSPS) is 12.5. The van der Waals surface area contributed by atoms with Crippen molar-refractivity contribution < 1.29 is 19.1 Å². The van der Waals surface area contributed by atoms with Gasteiger partial charge in [-0.2, -0.15) is 0 Å². The molecule has 0 radical (unpaired) electrons. The summed E-state index contributed by atoms with van der Waals surface area (Å²) < 4.78 is 5.91.